The van der Waals surface area contributed by atoms with Gasteiger partial charge in [-0.05, 0) is 18.6 Å². The van der Waals surface area contributed by atoms with Gasteiger partial charge in [-0.3, -0.25) is 4.79 Å². The quantitative estimate of drug-likeness (QED) is 0.865. The molecule has 0 aliphatic heterocycles. The summed E-state index contributed by atoms with van der Waals surface area (Å²) >= 11 is 0. The Bertz CT molecular complexity index is 550. The lowest BCUT2D eigenvalue weighted by Gasteiger charge is -1.97. The number of rotatable bonds is 3. The van der Waals surface area contributed by atoms with Gasteiger partial charge in [-0.2, -0.15) is 0 Å². The molecule has 0 radical (unpaired) electrons. The molecule has 1 aromatic carbocycles. The largest absolute Gasteiger partial charge is 0.481 e. The predicted molar refractivity (Wildman–Crippen MR) is 59.8 cm³/mol. The normalized spacial score (nSPS) is 22.4. The number of aromatic nitrogens is 3. The van der Waals surface area contributed by atoms with Crippen LogP contribution in [0.15, 0.2) is 36.5 Å². The van der Waals surface area contributed by atoms with Crippen LogP contribution in [0, 0.1) is 5.92 Å². The third-order valence-electron chi connectivity index (χ3n) is 3.02. The fourth-order valence-electron chi connectivity index (χ4n) is 1.95. The summed E-state index contributed by atoms with van der Waals surface area (Å²) in [7, 11) is 0. The Labute approximate surface area is 97.7 Å². The van der Waals surface area contributed by atoms with Crippen LogP contribution in [0.2, 0.25) is 0 Å². The van der Waals surface area contributed by atoms with E-state index < -0.39 is 5.97 Å². The molecule has 0 saturated heterocycles. The molecular weight excluding hydrogens is 218 g/mol. The highest BCUT2D eigenvalue weighted by molar-refractivity contribution is 5.74. The van der Waals surface area contributed by atoms with Crippen LogP contribution >= 0.6 is 0 Å². The zero-order chi connectivity index (χ0) is 11.8. The van der Waals surface area contributed by atoms with E-state index in [-0.39, 0.29) is 11.8 Å². The molecule has 2 unspecified atom stereocenters. The molecule has 1 heterocycles. The van der Waals surface area contributed by atoms with Gasteiger partial charge >= 0.3 is 5.97 Å². The van der Waals surface area contributed by atoms with Crippen molar-refractivity contribution in [1.82, 2.24) is 15.0 Å². The van der Waals surface area contributed by atoms with Crippen LogP contribution < -0.4 is 0 Å². The van der Waals surface area contributed by atoms with Crippen molar-refractivity contribution in [2.24, 2.45) is 5.92 Å². The average Bonchev–Trinajstić information content (AvgIpc) is 3.01. The lowest BCUT2D eigenvalue weighted by atomic mass is 10.2. The number of carboxylic acids is 1. The molecule has 1 fully saturated rings. The molecule has 17 heavy (non-hydrogen) atoms. The Morgan fingerprint density at radius 2 is 2.12 bits per heavy atom. The molecule has 1 N–H and O–H groups in total. The van der Waals surface area contributed by atoms with E-state index in [2.05, 4.69) is 10.3 Å². The van der Waals surface area contributed by atoms with Gasteiger partial charge in [0, 0.05) is 5.92 Å². The molecule has 1 saturated carbocycles. The Kier molecular flexibility index (Phi) is 2.18. The number of benzene rings is 1. The van der Waals surface area contributed by atoms with Crippen molar-refractivity contribution < 1.29 is 9.90 Å². The molecule has 5 heteroatoms. The van der Waals surface area contributed by atoms with E-state index in [1.807, 2.05) is 36.5 Å². The predicted octanol–water partition coefficient (Wildman–Crippen LogP) is 1.46. The summed E-state index contributed by atoms with van der Waals surface area (Å²) in [4.78, 5) is 10.8. The van der Waals surface area contributed by atoms with Crippen molar-refractivity contribution >= 4 is 5.97 Å². The third-order valence-corrected chi connectivity index (χ3v) is 3.02. The van der Waals surface area contributed by atoms with Crippen molar-refractivity contribution in [3.63, 3.8) is 0 Å². The molecule has 86 valence electrons. The lowest BCUT2D eigenvalue weighted by molar-refractivity contribution is -0.138. The van der Waals surface area contributed by atoms with Gasteiger partial charge in [0.2, 0.25) is 0 Å². The standard InChI is InChI=1S/C12H11N3O2/c16-12(17)10-6-9(10)11-7-15(14-13-11)8-4-2-1-3-5-8/h1-5,7,9-10H,6H2,(H,16,17). The monoisotopic (exact) mass is 229 g/mol. The molecule has 1 aliphatic carbocycles. The molecule has 1 aliphatic rings. The maximum atomic E-state index is 10.8. The fraction of sp³-hybridized carbons (Fsp3) is 0.250. The first-order valence-electron chi connectivity index (χ1n) is 5.46. The second-order valence-corrected chi connectivity index (χ2v) is 4.21. The Balaban J connectivity index is 1.83. The van der Waals surface area contributed by atoms with Crippen LogP contribution in [0.4, 0.5) is 0 Å². The van der Waals surface area contributed by atoms with E-state index in [9.17, 15) is 4.79 Å². The smallest absolute Gasteiger partial charge is 0.307 e. The second kappa shape index (κ2) is 3.69. The molecular formula is C12H11N3O2. The third kappa shape index (κ3) is 1.80. The van der Waals surface area contributed by atoms with Gasteiger partial charge < -0.3 is 5.11 Å². The molecule has 5 nitrogen and oxygen atoms in total. The zero-order valence-electron chi connectivity index (χ0n) is 9.02. The molecule has 2 aromatic rings. The van der Waals surface area contributed by atoms with Gasteiger partial charge in [0.1, 0.15) is 0 Å². The summed E-state index contributed by atoms with van der Waals surface area (Å²) < 4.78 is 1.67. The molecule has 0 amide bonds. The summed E-state index contributed by atoms with van der Waals surface area (Å²) in [5.41, 5.74) is 1.69. The topological polar surface area (TPSA) is 68.0 Å². The highest BCUT2D eigenvalue weighted by Crippen LogP contribution is 2.46. The van der Waals surface area contributed by atoms with E-state index in [0.717, 1.165) is 11.4 Å². The first-order chi connectivity index (χ1) is 8.25. The number of carboxylic acid groups (broad SMARTS) is 1. The van der Waals surface area contributed by atoms with Crippen LogP contribution in [-0.2, 0) is 4.79 Å². The van der Waals surface area contributed by atoms with Gasteiger partial charge in [-0.25, -0.2) is 4.68 Å². The maximum Gasteiger partial charge on any atom is 0.307 e. The molecule has 1 aromatic heterocycles. The molecule has 3 rings (SSSR count). The summed E-state index contributed by atoms with van der Waals surface area (Å²) in [5, 5.41) is 16.9. The van der Waals surface area contributed by atoms with E-state index in [0.29, 0.717) is 6.42 Å². The summed E-state index contributed by atoms with van der Waals surface area (Å²) in [5.74, 6) is -0.995. The van der Waals surface area contributed by atoms with Crippen molar-refractivity contribution in [2.75, 3.05) is 0 Å². The van der Waals surface area contributed by atoms with Gasteiger partial charge in [-0.1, -0.05) is 23.4 Å². The highest BCUT2D eigenvalue weighted by Gasteiger charge is 2.46. The lowest BCUT2D eigenvalue weighted by Crippen LogP contribution is -1.98. The first kappa shape index (κ1) is 10.0. The molecule has 2 atom stereocenters. The highest BCUT2D eigenvalue weighted by atomic mass is 16.4. The second-order valence-electron chi connectivity index (χ2n) is 4.21. The minimum Gasteiger partial charge on any atom is -0.481 e. The minimum atomic E-state index is -0.746. The molecule has 0 spiro atoms. The van der Waals surface area contributed by atoms with E-state index in [4.69, 9.17) is 5.11 Å². The van der Waals surface area contributed by atoms with Crippen LogP contribution in [0.1, 0.15) is 18.0 Å². The van der Waals surface area contributed by atoms with Crippen LogP contribution in [0.5, 0.6) is 0 Å². The average molecular weight is 229 g/mol. The van der Waals surface area contributed by atoms with E-state index in [1.54, 1.807) is 4.68 Å². The maximum absolute atomic E-state index is 10.8. The number of carbonyl (C=O) groups is 1. The Morgan fingerprint density at radius 3 is 2.76 bits per heavy atom. The van der Waals surface area contributed by atoms with Crippen molar-refractivity contribution in [3.05, 3.63) is 42.2 Å². The van der Waals surface area contributed by atoms with Gasteiger partial charge in [0.05, 0.1) is 23.5 Å². The van der Waals surface area contributed by atoms with Crippen LogP contribution in [0.25, 0.3) is 5.69 Å². The minimum absolute atomic E-state index is 0.0324. The van der Waals surface area contributed by atoms with Gasteiger partial charge in [0.25, 0.3) is 0 Å². The Hall–Kier alpha value is -2.17. The van der Waals surface area contributed by atoms with Crippen LogP contribution in [-0.4, -0.2) is 26.1 Å². The van der Waals surface area contributed by atoms with Gasteiger partial charge in [0.15, 0.2) is 0 Å². The summed E-state index contributed by atoms with van der Waals surface area (Å²) in [6, 6.07) is 9.64. The van der Waals surface area contributed by atoms with Crippen molar-refractivity contribution in [2.45, 2.75) is 12.3 Å². The number of hydrogen-bond acceptors (Lipinski definition) is 3. The van der Waals surface area contributed by atoms with Gasteiger partial charge in [-0.15, -0.1) is 5.10 Å². The summed E-state index contributed by atoms with van der Waals surface area (Å²) in [6.07, 6.45) is 2.48. The Morgan fingerprint density at radius 1 is 1.35 bits per heavy atom. The first-order valence-corrected chi connectivity index (χ1v) is 5.46. The number of nitrogens with zero attached hydrogens (tertiary/aromatic N) is 3. The van der Waals surface area contributed by atoms with E-state index in [1.165, 1.54) is 0 Å². The molecule has 0 bridgehead atoms. The zero-order valence-corrected chi connectivity index (χ0v) is 9.02. The number of aliphatic carboxylic acids is 1. The van der Waals surface area contributed by atoms with Crippen LogP contribution in [0.3, 0.4) is 0 Å². The number of para-hydroxylation sites is 1. The fourth-order valence-corrected chi connectivity index (χ4v) is 1.95. The SMILES string of the molecule is O=C(O)C1CC1c1cn(-c2ccccc2)nn1. The van der Waals surface area contributed by atoms with Crippen molar-refractivity contribution in [3.8, 4) is 5.69 Å². The van der Waals surface area contributed by atoms with Crippen molar-refractivity contribution in [1.29, 1.82) is 0 Å². The van der Waals surface area contributed by atoms with E-state index >= 15 is 0 Å². The number of hydrogen-bond donors (Lipinski definition) is 1. The summed E-state index contributed by atoms with van der Waals surface area (Å²) in [6.45, 7) is 0.